The SMILES string of the molecule is CCC.OCCn1cc(-c2ccc(-c3nnc4ccccn34)nc2)nn1.OCCn1cc(-c2ccc(-c3nnc4ccccn34)nc2)nn1.[Pt]. The van der Waals surface area contributed by atoms with Gasteiger partial charge in [0.25, 0.3) is 0 Å². The van der Waals surface area contributed by atoms with E-state index >= 15 is 0 Å². The fraction of sp³-hybridized carbons (Fsp3) is 0.212. The minimum absolute atomic E-state index is 0. The van der Waals surface area contributed by atoms with Crippen molar-refractivity contribution in [2.45, 2.75) is 33.4 Å². The van der Waals surface area contributed by atoms with Gasteiger partial charge in [-0.1, -0.05) is 42.8 Å². The Morgan fingerprint density at radius 1 is 0.540 bits per heavy atom. The molecule has 0 aliphatic carbocycles. The molecule has 0 aliphatic rings. The molecule has 0 saturated heterocycles. The van der Waals surface area contributed by atoms with Gasteiger partial charge in [-0.2, -0.15) is 0 Å². The molecule has 8 aromatic rings. The number of aliphatic hydroxyl groups is 2. The van der Waals surface area contributed by atoms with Gasteiger partial charge in [-0.15, -0.1) is 30.6 Å². The molecular weight excluding hydrogens is 820 g/mol. The van der Waals surface area contributed by atoms with Crippen LogP contribution in [0.5, 0.6) is 0 Å². The van der Waals surface area contributed by atoms with Gasteiger partial charge in [-0.05, 0) is 48.5 Å². The fourth-order valence-electron chi connectivity index (χ4n) is 4.67. The summed E-state index contributed by atoms with van der Waals surface area (Å²) in [7, 11) is 0. The molecule has 8 rings (SSSR count). The van der Waals surface area contributed by atoms with Crippen molar-refractivity contribution >= 4 is 11.3 Å². The topological polar surface area (TPSA) is 188 Å². The summed E-state index contributed by atoms with van der Waals surface area (Å²) < 4.78 is 6.96. The molecule has 258 valence electrons. The number of hydrogen-bond donors (Lipinski definition) is 2. The number of aromatic nitrogens is 14. The van der Waals surface area contributed by atoms with E-state index in [1.807, 2.05) is 81.9 Å². The van der Waals surface area contributed by atoms with Crippen molar-refractivity contribution in [2.24, 2.45) is 0 Å². The minimum atomic E-state index is 0. The van der Waals surface area contributed by atoms with Crippen molar-refractivity contribution in [3.05, 3.63) is 97.8 Å². The molecule has 0 aliphatic heterocycles. The molecule has 50 heavy (non-hydrogen) atoms. The van der Waals surface area contributed by atoms with Crippen LogP contribution in [0.25, 0.3) is 56.8 Å². The standard InChI is InChI=1S/2C15H13N7O.C3H8.Pt/c2*23-8-7-21-10-13(17-20-21)11-4-5-12(16-9-11)15-19-18-14-3-1-2-6-22(14)15;1-3-2;/h2*1-6,9-10,23H,7-8H2;3H2,1-2H3;. The van der Waals surface area contributed by atoms with Crippen LogP contribution in [0.2, 0.25) is 0 Å². The average Bonchev–Trinajstić information content (AvgIpc) is 3.96. The maximum absolute atomic E-state index is 8.91. The van der Waals surface area contributed by atoms with Crippen LogP contribution >= 0.6 is 0 Å². The molecule has 8 heterocycles. The van der Waals surface area contributed by atoms with E-state index in [0.29, 0.717) is 36.1 Å². The van der Waals surface area contributed by atoms with Gasteiger partial charge in [0.15, 0.2) is 22.9 Å². The second-order valence-electron chi connectivity index (χ2n) is 10.7. The first kappa shape index (κ1) is 35.7. The number of nitrogens with zero attached hydrogens (tertiary/aromatic N) is 14. The Labute approximate surface area is 300 Å². The van der Waals surface area contributed by atoms with E-state index in [4.69, 9.17) is 10.2 Å². The molecule has 0 spiro atoms. The predicted octanol–water partition coefficient (Wildman–Crippen LogP) is 3.50. The molecule has 0 saturated carbocycles. The molecule has 0 unspecified atom stereocenters. The van der Waals surface area contributed by atoms with Crippen LogP contribution in [-0.2, 0) is 34.2 Å². The third kappa shape index (κ3) is 8.17. The van der Waals surface area contributed by atoms with Gasteiger partial charge in [0.05, 0.1) is 38.7 Å². The summed E-state index contributed by atoms with van der Waals surface area (Å²) in [4.78, 5) is 8.91. The first-order valence-corrected chi connectivity index (χ1v) is 15.7. The van der Waals surface area contributed by atoms with Gasteiger partial charge in [0, 0.05) is 57.0 Å². The average molecular weight is 854 g/mol. The van der Waals surface area contributed by atoms with Gasteiger partial charge < -0.3 is 10.2 Å². The third-order valence-electron chi connectivity index (χ3n) is 6.94. The Morgan fingerprint density at radius 2 is 0.980 bits per heavy atom. The maximum Gasteiger partial charge on any atom is 0.186 e. The van der Waals surface area contributed by atoms with Gasteiger partial charge in [0.1, 0.15) is 22.8 Å². The van der Waals surface area contributed by atoms with E-state index in [9.17, 15) is 0 Å². The van der Waals surface area contributed by atoms with Crippen LogP contribution in [0.3, 0.4) is 0 Å². The first-order chi connectivity index (χ1) is 24.1. The summed E-state index contributed by atoms with van der Waals surface area (Å²) in [5.41, 5.74) is 6.15. The van der Waals surface area contributed by atoms with E-state index in [2.05, 4.69) is 64.8 Å². The predicted molar refractivity (Wildman–Crippen MR) is 181 cm³/mol. The summed E-state index contributed by atoms with van der Waals surface area (Å²) in [5, 5.41) is 50.5. The van der Waals surface area contributed by atoms with Gasteiger partial charge >= 0.3 is 0 Å². The zero-order valence-electron chi connectivity index (χ0n) is 27.2. The number of pyridine rings is 4. The maximum atomic E-state index is 8.91. The molecule has 17 heteroatoms. The molecule has 0 radical (unpaired) electrons. The van der Waals surface area contributed by atoms with Crippen molar-refractivity contribution < 1.29 is 31.3 Å². The Bertz CT molecular complexity index is 2070. The Hall–Kier alpha value is -5.57. The second kappa shape index (κ2) is 17.2. The van der Waals surface area contributed by atoms with E-state index in [1.165, 1.54) is 6.42 Å². The van der Waals surface area contributed by atoms with Crippen molar-refractivity contribution in [3.8, 4) is 45.6 Å². The summed E-state index contributed by atoms with van der Waals surface area (Å²) >= 11 is 0. The number of hydrogen-bond acceptors (Lipinski definition) is 12. The molecule has 16 nitrogen and oxygen atoms in total. The molecule has 2 N–H and O–H groups in total. The molecule has 8 aromatic heterocycles. The Morgan fingerprint density at radius 3 is 1.36 bits per heavy atom. The molecule has 0 amide bonds. The monoisotopic (exact) mass is 853 g/mol. The summed E-state index contributed by atoms with van der Waals surface area (Å²) in [5.74, 6) is 1.38. The van der Waals surface area contributed by atoms with Crippen LogP contribution in [0.15, 0.2) is 97.8 Å². The molecule has 0 aromatic carbocycles. The van der Waals surface area contributed by atoms with Gasteiger partial charge in [-0.3, -0.25) is 18.8 Å². The fourth-order valence-corrected chi connectivity index (χ4v) is 4.67. The third-order valence-corrected chi connectivity index (χ3v) is 6.94. The van der Waals surface area contributed by atoms with Gasteiger partial charge in [0.2, 0.25) is 0 Å². The number of rotatable bonds is 8. The van der Waals surface area contributed by atoms with Crippen molar-refractivity contribution in [2.75, 3.05) is 13.2 Å². The summed E-state index contributed by atoms with van der Waals surface area (Å²) in [6, 6.07) is 19.1. The van der Waals surface area contributed by atoms with Crippen LogP contribution < -0.4 is 0 Å². The van der Waals surface area contributed by atoms with Crippen LogP contribution in [-0.4, -0.2) is 92.6 Å². The summed E-state index contributed by atoms with van der Waals surface area (Å²) in [6.07, 6.45) is 12.1. The number of fused-ring (bicyclic) bond motifs is 2. The zero-order chi connectivity index (χ0) is 34.0. The number of aliphatic hydroxyl groups excluding tert-OH is 2. The van der Waals surface area contributed by atoms with Gasteiger partial charge in [-0.25, -0.2) is 9.36 Å². The molecule has 0 fully saturated rings. The Balaban J connectivity index is 0.000000177. The minimum Gasteiger partial charge on any atom is -0.394 e. The van der Waals surface area contributed by atoms with E-state index in [1.54, 1.807) is 34.2 Å². The van der Waals surface area contributed by atoms with E-state index in [0.717, 1.165) is 33.8 Å². The first-order valence-electron chi connectivity index (χ1n) is 15.7. The van der Waals surface area contributed by atoms with E-state index in [-0.39, 0.29) is 34.3 Å². The van der Waals surface area contributed by atoms with Crippen LogP contribution in [0.1, 0.15) is 20.3 Å². The van der Waals surface area contributed by atoms with Crippen LogP contribution in [0, 0.1) is 0 Å². The Kier molecular flexibility index (Phi) is 12.3. The zero-order valence-corrected chi connectivity index (χ0v) is 29.5. The summed E-state index contributed by atoms with van der Waals surface area (Å²) in [6.45, 7) is 5.15. The van der Waals surface area contributed by atoms with Crippen molar-refractivity contribution in [3.63, 3.8) is 0 Å². The molecule has 0 bridgehead atoms. The second-order valence-corrected chi connectivity index (χ2v) is 10.7. The largest absolute Gasteiger partial charge is 0.394 e. The smallest absolute Gasteiger partial charge is 0.186 e. The molecule has 0 atom stereocenters. The molecular formula is C33H34N14O2Pt. The van der Waals surface area contributed by atoms with E-state index < -0.39 is 0 Å². The van der Waals surface area contributed by atoms with Crippen molar-refractivity contribution in [1.29, 1.82) is 0 Å². The normalized spacial score (nSPS) is 10.6. The van der Waals surface area contributed by atoms with Crippen molar-refractivity contribution in [1.82, 2.24) is 69.2 Å². The quantitative estimate of drug-likeness (QED) is 0.227. The van der Waals surface area contributed by atoms with Crippen LogP contribution in [0.4, 0.5) is 0 Å².